The van der Waals surface area contributed by atoms with E-state index in [4.69, 9.17) is 16.6 Å². The Labute approximate surface area is 211 Å². The van der Waals surface area contributed by atoms with Crippen LogP contribution in [0.4, 0.5) is 15.9 Å². The van der Waals surface area contributed by atoms with Crippen molar-refractivity contribution in [2.45, 2.75) is 25.8 Å². The Morgan fingerprint density at radius 3 is 2.61 bits per heavy atom. The van der Waals surface area contributed by atoms with Crippen molar-refractivity contribution in [3.8, 4) is 0 Å². The molecular weight excluding hydrogens is 483 g/mol. The molecular formula is C27H24ClFN4O3. The lowest BCUT2D eigenvalue weighted by Crippen LogP contribution is -2.46. The fourth-order valence-corrected chi connectivity index (χ4v) is 4.82. The third-order valence-corrected chi connectivity index (χ3v) is 6.86. The Morgan fingerprint density at radius 1 is 1.19 bits per heavy atom. The van der Waals surface area contributed by atoms with Crippen molar-refractivity contribution >= 4 is 34.7 Å². The van der Waals surface area contributed by atoms with Gasteiger partial charge in [-0.1, -0.05) is 41.9 Å². The van der Waals surface area contributed by atoms with Crippen LogP contribution in [0, 0.1) is 12.7 Å². The maximum absolute atomic E-state index is 14.6. The molecule has 184 valence electrons. The number of anilines is 2. The lowest BCUT2D eigenvalue weighted by Gasteiger charge is -2.41. The molecule has 1 aliphatic rings. The summed E-state index contributed by atoms with van der Waals surface area (Å²) < 4.78 is 15.8. The predicted octanol–water partition coefficient (Wildman–Crippen LogP) is 5.27. The summed E-state index contributed by atoms with van der Waals surface area (Å²) in [6.07, 6.45) is 1.13. The molecule has 5 rings (SSSR count). The van der Waals surface area contributed by atoms with Crippen molar-refractivity contribution in [1.82, 2.24) is 9.38 Å². The molecule has 0 radical (unpaired) electrons. The highest BCUT2D eigenvalue weighted by molar-refractivity contribution is 6.31. The minimum Gasteiger partial charge on any atom is -0.478 e. The summed E-state index contributed by atoms with van der Waals surface area (Å²) in [6.45, 7) is 4.91. The first-order chi connectivity index (χ1) is 17.2. The minimum absolute atomic E-state index is 0.00995. The lowest BCUT2D eigenvalue weighted by atomic mass is 9.91. The Kier molecular flexibility index (Phi) is 6.14. The van der Waals surface area contributed by atoms with Gasteiger partial charge in [-0.2, -0.15) is 0 Å². The van der Waals surface area contributed by atoms with Gasteiger partial charge in [0.15, 0.2) is 0 Å². The van der Waals surface area contributed by atoms with Gasteiger partial charge in [-0.05, 0) is 43.7 Å². The number of halogens is 2. The molecule has 7 nitrogen and oxygen atoms in total. The van der Waals surface area contributed by atoms with E-state index in [0.717, 1.165) is 19.3 Å². The van der Waals surface area contributed by atoms with Crippen LogP contribution < -0.4 is 15.8 Å². The van der Waals surface area contributed by atoms with Crippen molar-refractivity contribution in [2.24, 2.45) is 0 Å². The van der Waals surface area contributed by atoms with Crippen LogP contribution in [0.3, 0.4) is 0 Å². The summed E-state index contributed by atoms with van der Waals surface area (Å²) in [7, 11) is 0. The quantitative estimate of drug-likeness (QED) is 0.370. The molecule has 0 bridgehead atoms. The average Bonchev–Trinajstić information content (AvgIpc) is 2.83. The standard InChI is InChI=1S/C27H24ClFN4O3/c1-15-24(32-12-18(13-32)17-6-4-3-5-7-17)31-25-21(11-20(29)14-33(25)26(15)34)16(2)30-23-9-8-19(28)10-22(23)27(35)36/h3-11,14,16,18,30H,12-13H2,1-2H3,(H,35,36)/t16-/m1/s1. The second kappa shape index (κ2) is 9.28. The van der Waals surface area contributed by atoms with Gasteiger partial charge in [0.25, 0.3) is 5.56 Å². The number of nitrogens with zero attached hydrogens (tertiary/aromatic N) is 3. The molecule has 1 atom stereocenters. The molecule has 0 saturated carbocycles. The van der Waals surface area contributed by atoms with E-state index < -0.39 is 17.8 Å². The largest absolute Gasteiger partial charge is 0.478 e. The van der Waals surface area contributed by atoms with Crippen LogP contribution in [0.1, 0.15) is 45.9 Å². The lowest BCUT2D eigenvalue weighted by molar-refractivity contribution is 0.0698. The zero-order valence-electron chi connectivity index (χ0n) is 19.7. The second-order valence-corrected chi connectivity index (χ2v) is 9.48. The number of aromatic nitrogens is 2. The minimum atomic E-state index is -1.14. The summed E-state index contributed by atoms with van der Waals surface area (Å²) in [5, 5.41) is 13.0. The maximum Gasteiger partial charge on any atom is 0.337 e. The molecule has 0 spiro atoms. The van der Waals surface area contributed by atoms with Gasteiger partial charge in [-0.25, -0.2) is 14.2 Å². The van der Waals surface area contributed by atoms with E-state index in [1.54, 1.807) is 26.0 Å². The van der Waals surface area contributed by atoms with Gasteiger partial charge in [0, 0.05) is 41.5 Å². The highest BCUT2D eigenvalue weighted by atomic mass is 35.5. The number of nitrogens with one attached hydrogen (secondary N) is 1. The number of carboxylic acid groups (broad SMARTS) is 1. The second-order valence-electron chi connectivity index (χ2n) is 9.05. The average molecular weight is 507 g/mol. The van der Waals surface area contributed by atoms with Crippen LogP contribution >= 0.6 is 11.6 Å². The van der Waals surface area contributed by atoms with Crippen LogP contribution in [0.25, 0.3) is 5.65 Å². The monoisotopic (exact) mass is 506 g/mol. The van der Waals surface area contributed by atoms with Crippen LogP contribution in [0.2, 0.25) is 5.02 Å². The third-order valence-electron chi connectivity index (χ3n) is 6.62. The third kappa shape index (κ3) is 4.28. The van der Waals surface area contributed by atoms with E-state index in [2.05, 4.69) is 22.3 Å². The van der Waals surface area contributed by atoms with Gasteiger partial charge in [0.05, 0.1) is 17.2 Å². The SMILES string of the molecule is Cc1c(N2CC(c3ccccc3)C2)nc2c([C@@H](C)Nc3ccc(Cl)cc3C(=O)O)cc(F)cn2c1=O. The maximum atomic E-state index is 14.6. The summed E-state index contributed by atoms with van der Waals surface area (Å²) in [5.74, 6) is -0.817. The normalized spacial score (nSPS) is 14.5. The van der Waals surface area contributed by atoms with Crippen LogP contribution in [-0.4, -0.2) is 33.6 Å². The Bertz CT molecular complexity index is 1530. The smallest absolute Gasteiger partial charge is 0.337 e. The first-order valence-electron chi connectivity index (χ1n) is 11.5. The van der Waals surface area contributed by atoms with Crippen LogP contribution in [0.5, 0.6) is 0 Å². The molecule has 2 aromatic heterocycles. The Morgan fingerprint density at radius 2 is 1.92 bits per heavy atom. The van der Waals surface area contributed by atoms with E-state index in [1.165, 1.54) is 22.1 Å². The zero-order chi connectivity index (χ0) is 25.6. The van der Waals surface area contributed by atoms with E-state index in [-0.39, 0.29) is 11.1 Å². The van der Waals surface area contributed by atoms with Gasteiger partial charge >= 0.3 is 5.97 Å². The zero-order valence-corrected chi connectivity index (χ0v) is 20.5. The first kappa shape index (κ1) is 23.8. The number of benzene rings is 2. The number of carboxylic acids is 1. The van der Waals surface area contributed by atoms with E-state index >= 15 is 0 Å². The molecule has 2 aromatic carbocycles. The summed E-state index contributed by atoms with van der Waals surface area (Å²) >= 11 is 5.97. The van der Waals surface area contributed by atoms with Crippen molar-refractivity contribution in [1.29, 1.82) is 0 Å². The number of rotatable bonds is 6. The number of carbonyl (C=O) groups is 1. The van der Waals surface area contributed by atoms with Crippen LogP contribution in [0.15, 0.2) is 65.6 Å². The fourth-order valence-electron chi connectivity index (χ4n) is 4.65. The molecule has 1 aliphatic heterocycles. The highest BCUT2D eigenvalue weighted by Gasteiger charge is 2.31. The van der Waals surface area contributed by atoms with Gasteiger partial charge < -0.3 is 15.3 Å². The van der Waals surface area contributed by atoms with Crippen molar-refractivity contribution < 1.29 is 14.3 Å². The molecule has 3 heterocycles. The topological polar surface area (TPSA) is 86.9 Å². The molecule has 4 aromatic rings. The van der Waals surface area contributed by atoms with Crippen molar-refractivity contribution in [3.63, 3.8) is 0 Å². The fraction of sp³-hybridized carbons (Fsp3) is 0.222. The van der Waals surface area contributed by atoms with Gasteiger partial charge in [-0.15, -0.1) is 0 Å². The summed E-state index contributed by atoms with van der Waals surface area (Å²) in [6, 6.07) is 15.4. The number of pyridine rings is 1. The van der Waals surface area contributed by atoms with E-state index in [0.29, 0.717) is 39.2 Å². The Hall–Kier alpha value is -3.91. The van der Waals surface area contributed by atoms with Gasteiger partial charge in [0.2, 0.25) is 0 Å². The van der Waals surface area contributed by atoms with E-state index in [9.17, 15) is 19.1 Å². The molecule has 9 heteroatoms. The predicted molar refractivity (Wildman–Crippen MR) is 138 cm³/mol. The van der Waals surface area contributed by atoms with Crippen LogP contribution in [-0.2, 0) is 0 Å². The number of aromatic carboxylic acids is 1. The number of hydrogen-bond donors (Lipinski definition) is 2. The summed E-state index contributed by atoms with van der Waals surface area (Å²) in [4.78, 5) is 31.8. The molecule has 36 heavy (non-hydrogen) atoms. The number of fused-ring (bicyclic) bond motifs is 1. The van der Waals surface area contributed by atoms with Crippen molar-refractivity contribution in [3.05, 3.63) is 104 Å². The molecule has 0 unspecified atom stereocenters. The highest BCUT2D eigenvalue weighted by Crippen LogP contribution is 2.33. The molecule has 0 aliphatic carbocycles. The van der Waals surface area contributed by atoms with Crippen molar-refractivity contribution in [2.75, 3.05) is 23.3 Å². The molecule has 1 saturated heterocycles. The molecule has 1 fully saturated rings. The summed E-state index contributed by atoms with van der Waals surface area (Å²) in [5.41, 5.74) is 2.40. The van der Waals surface area contributed by atoms with Gasteiger partial charge in [-0.3, -0.25) is 9.20 Å². The first-order valence-corrected chi connectivity index (χ1v) is 11.9. The van der Waals surface area contributed by atoms with E-state index in [1.807, 2.05) is 18.2 Å². The molecule has 0 amide bonds. The Balaban J connectivity index is 1.52. The van der Waals surface area contributed by atoms with Gasteiger partial charge in [0.1, 0.15) is 17.3 Å². The number of hydrogen-bond acceptors (Lipinski definition) is 5. The molecule has 2 N–H and O–H groups in total.